The summed E-state index contributed by atoms with van der Waals surface area (Å²) in [7, 11) is 2.07. The van der Waals surface area contributed by atoms with Crippen LogP contribution < -0.4 is 10.2 Å². The van der Waals surface area contributed by atoms with Gasteiger partial charge in [-0.15, -0.1) is 5.10 Å². The van der Waals surface area contributed by atoms with E-state index >= 15 is 0 Å². The fourth-order valence-corrected chi connectivity index (χ4v) is 3.06. The summed E-state index contributed by atoms with van der Waals surface area (Å²) in [5, 5.41) is 11.0. The zero-order valence-electron chi connectivity index (χ0n) is 12.8. The minimum Gasteiger partial charge on any atom is -0.367 e. The van der Waals surface area contributed by atoms with Crippen molar-refractivity contribution in [3.8, 4) is 0 Å². The zero-order valence-corrected chi connectivity index (χ0v) is 13.6. The molecule has 0 aliphatic carbocycles. The van der Waals surface area contributed by atoms with Crippen LogP contribution in [0.15, 0.2) is 28.4 Å². The van der Waals surface area contributed by atoms with Crippen LogP contribution in [0.5, 0.6) is 0 Å². The second-order valence-electron chi connectivity index (χ2n) is 5.49. The molecule has 8 heteroatoms. The van der Waals surface area contributed by atoms with Crippen molar-refractivity contribution in [2.24, 2.45) is 10.2 Å². The molecule has 3 rings (SSSR count). The minimum atomic E-state index is -0.225. The molecule has 122 valence electrons. The summed E-state index contributed by atoms with van der Waals surface area (Å²) in [5.74, 6) is 0.0815. The lowest BCUT2D eigenvalue weighted by Gasteiger charge is -2.34. The van der Waals surface area contributed by atoms with E-state index in [1.54, 1.807) is 18.3 Å². The number of carbonyl (C=O) groups excluding carboxylic acids is 1. The van der Waals surface area contributed by atoms with Crippen molar-refractivity contribution in [1.29, 1.82) is 0 Å². The molecular formula is C15H18FN5OS. The van der Waals surface area contributed by atoms with Gasteiger partial charge in [-0.3, -0.25) is 4.79 Å². The van der Waals surface area contributed by atoms with Crippen molar-refractivity contribution in [3.05, 3.63) is 29.6 Å². The van der Waals surface area contributed by atoms with E-state index in [1.165, 1.54) is 17.8 Å². The van der Waals surface area contributed by atoms with Crippen LogP contribution in [0.1, 0.15) is 5.56 Å². The monoisotopic (exact) mass is 335 g/mol. The molecule has 0 spiro atoms. The largest absolute Gasteiger partial charge is 0.367 e. The first-order chi connectivity index (χ1) is 11.1. The second-order valence-corrected chi connectivity index (χ2v) is 6.45. The van der Waals surface area contributed by atoms with Gasteiger partial charge in [0.05, 0.1) is 17.7 Å². The Morgan fingerprint density at radius 1 is 1.30 bits per heavy atom. The molecule has 0 radical (unpaired) electrons. The third kappa shape index (κ3) is 4.08. The highest BCUT2D eigenvalue weighted by molar-refractivity contribution is 8.15. The standard InChI is InChI=1S/C15H18FN5OS/c1-20-4-6-21(7-5-20)13-8-11(2-3-12(13)16)9-17-19-15-18-14(22)10-23-15/h2-3,8-9H,4-7,10H2,1H3,(H,18,19,22). The summed E-state index contributed by atoms with van der Waals surface area (Å²) in [6.07, 6.45) is 1.57. The maximum Gasteiger partial charge on any atom is 0.236 e. The summed E-state index contributed by atoms with van der Waals surface area (Å²) in [6, 6.07) is 4.90. The lowest BCUT2D eigenvalue weighted by Crippen LogP contribution is -2.44. The van der Waals surface area contributed by atoms with Crippen molar-refractivity contribution >= 4 is 34.7 Å². The molecule has 1 aromatic carbocycles. The Morgan fingerprint density at radius 3 is 2.78 bits per heavy atom. The fraction of sp³-hybridized carbons (Fsp3) is 0.400. The summed E-state index contributed by atoms with van der Waals surface area (Å²) in [4.78, 5) is 15.3. The zero-order chi connectivity index (χ0) is 16.2. The maximum atomic E-state index is 14.1. The molecule has 2 heterocycles. The number of amides is 1. The van der Waals surface area contributed by atoms with Crippen LogP contribution in [0, 0.1) is 5.82 Å². The number of amidine groups is 1. The number of rotatable bonds is 3. The van der Waals surface area contributed by atoms with E-state index < -0.39 is 0 Å². The molecule has 0 aromatic heterocycles. The van der Waals surface area contributed by atoms with Gasteiger partial charge >= 0.3 is 0 Å². The number of nitrogens with zero attached hydrogens (tertiary/aromatic N) is 4. The van der Waals surface area contributed by atoms with Crippen LogP contribution in [0.2, 0.25) is 0 Å². The Kier molecular flexibility index (Phi) is 4.92. The molecule has 0 bridgehead atoms. The van der Waals surface area contributed by atoms with Gasteiger partial charge in [-0.1, -0.05) is 17.8 Å². The molecule has 2 saturated heterocycles. The Bertz CT molecular complexity index is 655. The summed E-state index contributed by atoms with van der Waals surface area (Å²) < 4.78 is 14.1. The van der Waals surface area contributed by atoms with Crippen molar-refractivity contribution in [2.75, 3.05) is 43.9 Å². The first kappa shape index (κ1) is 15.9. The van der Waals surface area contributed by atoms with Gasteiger partial charge in [-0.25, -0.2) is 4.39 Å². The molecule has 23 heavy (non-hydrogen) atoms. The van der Waals surface area contributed by atoms with Gasteiger partial charge in [0.15, 0.2) is 5.17 Å². The fourth-order valence-electron chi connectivity index (χ4n) is 2.43. The van der Waals surface area contributed by atoms with Gasteiger partial charge < -0.3 is 15.1 Å². The molecular weight excluding hydrogens is 317 g/mol. The topological polar surface area (TPSA) is 60.3 Å². The van der Waals surface area contributed by atoms with Crippen molar-refractivity contribution in [3.63, 3.8) is 0 Å². The van der Waals surface area contributed by atoms with Crippen LogP contribution in [0.25, 0.3) is 0 Å². The van der Waals surface area contributed by atoms with Gasteiger partial charge in [0.2, 0.25) is 5.91 Å². The molecule has 0 atom stereocenters. The predicted octanol–water partition coefficient (Wildman–Crippen LogP) is 1.13. The average Bonchev–Trinajstić information content (AvgIpc) is 2.95. The van der Waals surface area contributed by atoms with E-state index in [1.807, 2.05) is 4.90 Å². The maximum absolute atomic E-state index is 14.1. The first-order valence-electron chi connectivity index (χ1n) is 7.38. The second kappa shape index (κ2) is 7.10. The summed E-state index contributed by atoms with van der Waals surface area (Å²) in [6.45, 7) is 3.45. The van der Waals surface area contributed by atoms with E-state index in [0.29, 0.717) is 16.6 Å². The quantitative estimate of drug-likeness (QED) is 0.664. The number of nitrogens with one attached hydrogen (secondary N) is 1. The minimum absolute atomic E-state index is 0.0666. The van der Waals surface area contributed by atoms with Crippen LogP contribution in [0.4, 0.5) is 10.1 Å². The van der Waals surface area contributed by atoms with Gasteiger partial charge in [0, 0.05) is 26.2 Å². The molecule has 1 amide bonds. The molecule has 1 aromatic rings. The number of halogens is 1. The van der Waals surface area contributed by atoms with Gasteiger partial charge in [-0.2, -0.15) is 5.10 Å². The van der Waals surface area contributed by atoms with Crippen molar-refractivity contribution in [2.45, 2.75) is 0 Å². The van der Waals surface area contributed by atoms with E-state index in [9.17, 15) is 9.18 Å². The van der Waals surface area contributed by atoms with E-state index in [2.05, 4.69) is 27.5 Å². The van der Waals surface area contributed by atoms with Crippen LogP contribution >= 0.6 is 11.8 Å². The molecule has 1 N–H and O–H groups in total. The summed E-state index contributed by atoms with van der Waals surface area (Å²) >= 11 is 1.32. The Morgan fingerprint density at radius 2 is 2.09 bits per heavy atom. The van der Waals surface area contributed by atoms with Crippen LogP contribution in [-0.2, 0) is 4.79 Å². The lowest BCUT2D eigenvalue weighted by atomic mass is 10.1. The highest BCUT2D eigenvalue weighted by Gasteiger charge is 2.18. The molecule has 0 unspecified atom stereocenters. The van der Waals surface area contributed by atoms with Gasteiger partial charge in [-0.05, 0) is 24.7 Å². The number of carbonyl (C=O) groups is 1. The average molecular weight is 335 g/mol. The van der Waals surface area contributed by atoms with E-state index in [0.717, 1.165) is 31.7 Å². The number of thioether (sulfide) groups is 1. The lowest BCUT2D eigenvalue weighted by molar-refractivity contribution is -0.116. The Labute approximate surface area is 138 Å². The van der Waals surface area contributed by atoms with E-state index in [4.69, 9.17) is 0 Å². The third-order valence-electron chi connectivity index (χ3n) is 3.76. The highest BCUT2D eigenvalue weighted by atomic mass is 32.2. The Balaban J connectivity index is 1.71. The van der Waals surface area contributed by atoms with E-state index in [-0.39, 0.29) is 11.7 Å². The highest BCUT2D eigenvalue weighted by Crippen LogP contribution is 2.21. The molecule has 2 fully saturated rings. The van der Waals surface area contributed by atoms with Crippen molar-refractivity contribution < 1.29 is 9.18 Å². The smallest absolute Gasteiger partial charge is 0.236 e. The SMILES string of the molecule is CN1CCN(c2cc(C=NN=C3NC(=O)CS3)ccc2F)CC1. The number of hydrogen-bond donors (Lipinski definition) is 1. The number of anilines is 1. The predicted molar refractivity (Wildman–Crippen MR) is 91.7 cm³/mol. The number of piperazine rings is 1. The molecule has 2 aliphatic heterocycles. The van der Waals surface area contributed by atoms with Crippen molar-refractivity contribution in [1.82, 2.24) is 10.2 Å². The third-order valence-corrected chi connectivity index (χ3v) is 4.62. The summed E-state index contributed by atoms with van der Waals surface area (Å²) in [5.41, 5.74) is 1.37. The van der Waals surface area contributed by atoms with Gasteiger partial charge in [0.25, 0.3) is 0 Å². The first-order valence-corrected chi connectivity index (χ1v) is 8.37. The molecule has 0 saturated carbocycles. The molecule has 2 aliphatic rings. The number of hydrogen-bond acceptors (Lipinski definition) is 6. The van der Waals surface area contributed by atoms with Gasteiger partial charge in [0.1, 0.15) is 5.82 Å². The normalized spacial score (nSPS) is 21.4. The number of benzene rings is 1. The van der Waals surface area contributed by atoms with Crippen LogP contribution in [0.3, 0.4) is 0 Å². The Hall–Kier alpha value is -1.93. The molecule has 6 nitrogen and oxygen atoms in total. The number of likely N-dealkylation sites (N-methyl/N-ethyl adjacent to an activating group) is 1. The van der Waals surface area contributed by atoms with Crippen LogP contribution in [-0.4, -0.2) is 61.2 Å².